The lowest BCUT2D eigenvalue weighted by atomic mass is 10.0. The molecule has 0 bridgehead atoms. The Hall–Kier alpha value is -1.19. The lowest BCUT2D eigenvalue weighted by Gasteiger charge is -2.04. The molecule has 0 saturated heterocycles. The van der Waals surface area contributed by atoms with Crippen molar-refractivity contribution < 1.29 is 20.1 Å². The van der Waals surface area contributed by atoms with Gasteiger partial charge in [-0.05, 0) is 6.42 Å². The Bertz CT molecular complexity index is 377. The van der Waals surface area contributed by atoms with Gasteiger partial charge in [-0.1, -0.05) is 116 Å². The van der Waals surface area contributed by atoms with Crippen LogP contribution in [0.4, 0.5) is 0 Å². The van der Waals surface area contributed by atoms with Crippen LogP contribution in [0.25, 0.3) is 0 Å². The highest BCUT2D eigenvalue weighted by atomic mass is 16.4. The van der Waals surface area contributed by atoms with Gasteiger partial charge in [-0.2, -0.15) is 0 Å². The molecular formula is C23H44O4. The maximum absolute atomic E-state index is 10.5. The number of unbranched alkanes of at least 4 members (excludes halogenated alkanes) is 17. The highest BCUT2D eigenvalue weighted by Crippen LogP contribution is 2.15. The van der Waals surface area contributed by atoms with Crippen molar-refractivity contribution in [1.29, 1.82) is 0 Å². The molecule has 3 N–H and O–H groups in total. The zero-order valence-electron chi connectivity index (χ0n) is 17.7. The van der Waals surface area contributed by atoms with Crippen LogP contribution in [0.15, 0.2) is 11.5 Å². The van der Waals surface area contributed by atoms with Crippen molar-refractivity contribution in [1.82, 2.24) is 0 Å². The number of hydrogen-bond acceptors (Lipinski definition) is 3. The molecule has 0 aliphatic carbocycles. The van der Waals surface area contributed by atoms with E-state index in [4.69, 9.17) is 10.2 Å². The van der Waals surface area contributed by atoms with Gasteiger partial charge in [0.25, 0.3) is 0 Å². The van der Waals surface area contributed by atoms with Gasteiger partial charge < -0.3 is 15.3 Å². The Kier molecular flexibility index (Phi) is 18.7. The molecule has 0 aromatic rings. The minimum absolute atomic E-state index is 0.247. The maximum Gasteiger partial charge on any atom is 0.374 e. The predicted octanol–water partition coefficient (Wildman–Crippen LogP) is 7.83. The second kappa shape index (κ2) is 19.6. The molecule has 0 aromatic heterocycles. The van der Waals surface area contributed by atoms with Crippen molar-refractivity contribution in [2.24, 2.45) is 0 Å². The van der Waals surface area contributed by atoms with Crippen LogP contribution in [0.1, 0.15) is 129 Å². The second-order valence-corrected chi connectivity index (χ2v) is 7.86. The molecule has 0 unspecified atom stereocenters. The van der Waals surface area contributed by atoms with Gasteiger partial charge in [0, 0.05) is 6.42 Å². The van der Waals surface area contributed by atoms with E-state index in [1.54, 1.807) is 0 Å². The third-order valence-electron chi connectivity index (χ3n) is 5.24. The Morgan fingerprint density at radius 3 is 1.11 bits per heavy atom. The summed E-state index contributed by atoms with van der Waals surface area (Å²) in [6.07, 6.45) is 23.6. The number of rotatable bonds is 20. The highest BCUT2D eigenvalue weighted by Gasteiger charge is 2.10. The molecule has 0 saturated carbocycles. The summed E-state index contributed by atoms with van der Waals surface area (Å²) in [5.74, 6) is -2.78. The first-order chi connectivity index (χ1) is 13.1. The first-order valence-electron chi connectivity index (χ1n) is 11.4. The molecular weight excluding hydrogens is 340 g/mol. The molecule has 0 aliphatic rings. The molecule has 27 heavy (non-hydrogen) atoms. The molecule has 0 rings (SSSR count). The third kappa shape index (κ3) is 18.0. The van der Waals surface area contributed by atoms with E-state index >= 15 is 0 Å². The smallest absolute Gasteiger partial charge is 0.374 e. The second-order valence-electron chi connectivity index (χ2n) is 7.86. The summed E-state index contributed by atoms with van der Waals surface area (Å²) in [6, 6.07) is 0. The largest absolute Gasteiger partial charge is 0.508 e. The molecule has 0 radical (unpaired) electrons. The minimum atomic E-state index is -1.46. The summed E-state index contributed by atoms with van der Waals surface area (Å²) < 4.78 is 0. The Balaban J connectivity index is 3.19. The van der Waals surface area contributed by atoms with E-state index in [0.29, 0.717) is 0 Å². The van der Waals surface area contributed by atoms with Crippen LogP contribution in [0, 0.1) is 0 Å². The number of aliphatic hydroxyl groups is 2. The quantitative estimate of drug-likeness (QED) is 0.113. The number of carbonyl (C=O) groups is 1. The zero-order valence-corrected chi connectivity index (χ0v) is 17.7. The molecule has 0 spiro atoms. The molecule has 4 nitrogen and oxygen atoms in total. The van der Waals surface area contributed by atoms with Crippen molar-refractivity contribution in [3.8, 4) is 0 Å². The van der Waals surface area contributed by atoms with Crippen molar-refractivity contribution in [2.75, 3.05) is 0 Å². The van der Waals surface area contributed by atoms with Crippen molar-refractivity contribution in [3.05, 3.63) is 11.5 Å². The van der Waals surface area contributed by atoms with Crippen LogP contribution in [0.5, 0.6) is 0 Å². The van der Waals surface area contributed by atoms with E-state index < -0.39 is 17.5 Å². The molecule has 4 heteroatoms. The molecule has 0 atom stereocenters. The van der Waals surface area contributed by atoms with E-state index in [1.807, 2.05) is 0 Å². The average Bonchev–Trinajstić information content (AvgIpc) is 2.66. The van der Waals surface area contributed by atoms with E-state index in [9.17, 15) is 9.90 Å². The van der Waals surface area contributed by atoms with Crippen LogP contribution in [-0.2, 0) is 4.79 Å². The van der Waals surface area contributed by atoms with Gasteiger partial charge >= 0.3 is 5.97 Å². The monoisotopic (exact) mass is 384 g/mol. The van der Waals surface area contributed by atoms with E-state index in [1.165, 1.54) is 96.3 Å². The fraction of sp³-hybridized carbons (Fsp3) is 0.870. The number of aliphatic hydroxyl groups excluding tert-OH is 2. The molecule has 0 fully saturated rings. The summed E-state index contributed by atoms with van der Waals surface area (Å²) in [6.45, 7) is 2.27. The van der Waals surface area contributed by atoms with Gasteiger partial charge in [-0.15, -0.1) is 0 Å². The zero-order chi connectivity index (χ0) is 20.2. The fourth-order valence-corrected chi connectivity index (χ4v) is 3.44. The predicted molar refractivity (Wildman–Crippen MR) is 113 cm³/mol. The summed E-state index contributed by atoms with van der Waals surface area (Å²) in [7, 11) is 0. The lowest BCUT2D eigenvalue weighted by molar-refractivity contribution is -0.135. The minimum Gasteiger partial charge on any atom is -0.508 e. The average molecular weight is 385 g/mol. The topological polar surface area (TPSA) is 77.8 Å². The van der Waals surface area contributed by atoms with Gasteiger partial charge in [0.2, 0.25) is 5.76 Å². The molecule has 0 aliphatic heterocycles. The van der Waals surface area contributed by atoms with Gasteiger partial charge in [0.15, 0.2) is 0 Å². The molecule has 160 valence electrons. The first kappa shape index (κ1) is 25.8. The van der Waals surface area contributed by atoms with Gasteiger partial charge in [0.1, 0.15) is 5.76 Å². The number of carboxylic acid groups (broad SMARTS) is 1. The van der Waals surface area contributed by atoms with E-state index in [-0.39, 0.29) is 6.42 Å². The standard InChI is InChI=1S/C23H44O4/c1-2-3-4-5-6-7-8-9-10-11-12-13-14-15-16-17-18-19-20-21(24)22(25)23(26)27/h24-25H,2-20H2,1H3,(H,26,27). The Labute approximate surface area is 167 Å². The van der Waals surface area contributed by atoms with E-state index in [2.05, 4.69) is 6.92 Å². The van der Waals surface area contributed by atoms with Crippen LogP contribution >= 0.6 is 0 Å². The number of allylic oxidation sites excluding steroid dienone is 1. The first-order valence-corrected chi connectivity index (χ1v) is 11.4. The molecule has 0 aromatic carbocycles. The van der Waals surface area contributed by atoms with Gasteiger partial charge in [0.05, 0.1) is 0 Å². The normalized spacial score (nSPS) is 12.2. The third-order valence-corrected chi connectivity index (χ3v) is 5.24. The summed E-state index contributed by atoms with van der Waals surface area (Å²) >= 11 is 0. The maximum atomic E-state index is 10.5. The van der Waals surface area contributed by atoms with Crippen molar-refractivity contribution in [2.45, 2.75) is 129 Å². The van der Waals surface area contributed by atoms with Crippen molar-refractivity contribution >= 4 is 5.97 Å². The highest BCUT2D eigenvalue weighted by molar-refractivity contribution is 5.84. The molecule has 0 heterocycles. The van der Waals surface area contributed by atoms with Crippen LogP contribution in [-0.4, -0.2) is 21.3 Å². The summed E-state index contributed by atoms with van der Waals surface area (Å²) in [4.78, 5) is 10.5. The fourth-order valence-electron chi connectivity index (χ4n) is 3.44. The Morgan fingerprint density at radius 1 is 0.519 bits per heavy atom. The van der Waals surface area contributed by atoms with Crippen molar-refractivity contribution in [3.63, 3.8) is 0 Å². The number of aliphatic carboxylic acids is 1. The Morgan fingerprint density at radius 2 is 0.815 bits per heavy atom. The number of hydrogen-bond donors (Lipinski definition) is 3. The summed E-state index contributed by atoms with van der Waals surface area (Å²) in [5, 5.41) is 27.0. The van der Waals surface area contributed by atoms with E-state index in [0.717, 1.165) is 19.3 Å². The van der Waals surface area contributed by atoms with Gasteiger partial charge in [-0.25, -0.2) is 4.79 Å². The lowest BCUT2D eigenvalue weighted by Crippen LogP contribution is -2.03. The van der Waals surface area contributed by atoms with Crippen LogP contribution in [0.3, 0.4) is 0 Å². The number of carboxylic acids is 1. The SMILES string of the molecule is CCCCCCCCCCCCCCCCCCCCC(O)=C(O)C(=O)O. The van der Waals surface area contributed by atoms with Gasteiger partial charge in [-0.3, -0.25) is 0 Å². The summed E-state index contributed by atoms with van der Waals surface area (Å²) in [5.41, 5.74) is 0. The van der Waals surface area contributed by atoms with Crippen LogP contribution < -0.4 is 0 Å². The molecule has 0 amide bonds. The van der Waals surface area contributed by atoms with Crippen LogP contribution in [0.2, 0.25) is 0 Å².